The van der Waals surface area contributed by atoms with E-state index < -0.39 is 0 Å². The van der Waals surface area contributed by atoms with E-state index in [4.69, 9.17) is 18.7 Å². The number of ether oxygens (including phenoxy) is 3. The van der Waals surface area contributed by atoms with Crippen molar-refractivity contribution < 1.29 is 23.5 Å². The normalized spacial score (nSPS) is 10.6. The highest BCUT2D eigenvalue weighted by molar-refractivity contribution is 5.75. The Kier molecular flexibility index (Phi) is 7.48. The molecule has 0 atom stereocenters. The van der Waals surface area contributed by atoms with E-state index in [1.54, 1.807) is 38.4 Å². The third-order valence-electron chi connectivity index (χ3n) is 4.86. The van der Waals surface area contributed by atoms with Crippen LogP contribution in [-0.2, 0) is 17.8 Å². The highest BCUT2D eigenvalue weighted by Gasteiger charge is 2.17. The summed E-state index contributed by atoms with van der Waals surface area (Å²) in [5.74, 6) is 2.48. The fraction of sp³-hybridized carbons (Fsp3) is 0.348. The maximum absolute atomic E-state index is 12.4. The lowest BCUT2D eigenvalue weighted by Gasteiger charge is -2.17. The molecule has 0 unspecified atom stereocenters. The SMILES string of the molecule is COc1cc(-c2noc(CCCC(=O)N(C)Cc3ccccc3)n2)cc(OC)c1OC. The van der Waals surface area contributed by atoms with Crippen molar-refractivity contribution in [1.82, 2.24) is 15.0 Å². The summed E-state index contributed by atoms with van der Waals surface area (Å²) < 4.78 is 21.4. The smallest absolute Gasteiger partial charge is 0.226 e. The number of methoxy groups -OCH3 is 3. The zero-order valence-corrected chi connectivity index (χ0v) is 18.3. The molecular formula is C23H27N3O5. The van der Waals surface area contributed by atoms with Gasteiger partial charge in [0.1, 0.15) is 0 Å². The van der Waals surface area contributed by atoms with E-state index in [0.717, 1.165) is 5.56 Å². The summed E-state index contributed by atoms with van der Waals surface area (Å²) in [5, 5.41) is 4.05. The van der Waals surface area contributed by atoms with Crippen LogP contribution in [0, 0.1) is 0 Å². The molecule has 1 aromatic heterocycles. The van der Waals surface area contributed by atoms with Gasteiger partial charge < -0.3 is 23.6 Å². The summed E-state index contributed by atoms with van der Waals surface area (Å²) in [6.07, 6.45) is 1.54. The maximum atomic E-state index is 12.4. The Morgan fingerprint density at radius 1 is 1.03 bits per heavy atom. The number of carbonyl (C=O) groups excluding carboxylic acids is 1. The number of nitrogens with zero attached hydrogens (tertiary/aromatic N) is 3. The van der Waals surface area contributed by atoms with E-state index >= 15 is 0 Å². The van der Waals surface area contributed by atoms with E-state index in [1.807, 2.05) is 37.4 Å². The van der Waals surface area contributed by atoms with E-state index in [0.29, 0.717) is 60.3 Å². The molecule has 1 amide bonds. The Hall–Kier alpha value is -3.55. The lowest BCUT2D eigenvalue weighted by molar-refractivity contribution is -0.130. The molecular weight excluding hydrogens is 398 g/mol. The maximum Gasteiger partial charge on any atom is 0.226 e. The van der Waals surface area contributed by atoms with Gasteiger partial charge >= 0.3 is 0 Å². The molecule has 0 saturated carbocycles. The molecule has 0 bridgehead atoms. The van der Waals surface area contributed by atoms with Crippen LogP contribution in [0.4, 0.5) is 0 Å². The molecule has 164 valence electrons. The second-order valence-corrected chi connectivity index (χ2v) is 7.01. The van der Waals surface area contributed by atoms with Crippen LogP contribution < -0.4 is 14.2 Å². The fourth-order valence-electron chi connectivity index (χ4n) is 3.21. The molecule has 0 N–H and O–H groups in total. The first kappa shape index (κ1) is 22.1. The summed E-state index contributed by atoms with van der Waals surface area (Å²) in [6, 6.07) is 13.4. The third-order valence-corrected chi connectivity index (χ3v) is 4.86. The summed E-state index contributed by atoms with van der Waals surface area (Å²) >= 11 is 0. The van der Waals surface area contributed by atoms with Gasteiger partial charge in [0.2, 0.25) is 23.4 Å². The Morgan fingerprint density at radius 2 is 1.71 bits per heavy atom. The van der Waals surface area contributed by atoms with Crippen LogP contribution in [-0.4, -0.2) is 49.3 Å². The van der Waals surface area contributed by atoms with Crippen LogP contribution >= 0.6 is 0 Å². The zero-order chi connectivity index (χ0) is 22.2. The summed E-state index contributed by atoms with van der Waals surface area (Å²) in [5.41, 5.74) is 1.79. The number of carbonyl (C=O) groups is 1. The minimum Gasteiger partial charge on any atom is -0.493 e. The molecule has 0 aliphatic carbocycles. The van der Waals surface area contributed by atoms with Crippen LogP contribution in [0.5, 0.6) is 17.2 Å². The van der Waals surface area contributed by atoms with Gasteiger partial charge in [-0.15, -0.1) is 0 Å². The van der Waals surface area contributed by atoms with E-state index in [2.05, 4.69) is 10.1 Å². The average molecular weight is 425 g/mol. The molecule has 0 fully saturated rings. The molecule has 0 aliphatic rings. The Balaban J connectivity index is 1.58. The minimum atomic E-state index is 0.0771. The number of rotatable bonds is 10. The molecule has 2 aromatic carbocycles. The largest absolute Gasteiger partial charge is 0.493 e. The van der Waals surface area contributed by atoms with Gasteiger partial charge in [-0.3, -0.25) is 4.79 Å². The lowest BCUT2D eigenvalue weighted by atomic mass is 10.1. The number of aromatic nitrogens is 2. The number of aryl methyl sites for hydroxylation is 1. The van der Waals surface area contributed by atoms with Crippen molar-refractivity contribution in [2.45, 2.75) is 25.8 Å². The zero-order valence-electron chi connectivity index (χ0n) is 18.3. The van der Waals surface area contributed by atoms with Crippen molar-refractivity contribution in [3.8, 4) is 28.6 Å². The molecule has 3 aromatic rings. The summed E-state index contributed by atoms with van der Waals surface area (Å²) in [7, 11) is 6.46. The quantitative estimate of drug-likeness (QED) is 0.489. The predicted octanol–water partition coefficient (Wildman–Crippen LogP) is 3.74. The Morgan fingerprint density at radius 3 is 2.32 bits per heavy atom. The van der Waals surface area contributed by atoms with Crippen molar-refractivity contribution in [2.75, 3.05) is 28.4 Å². The van der Waals surface area contributed by atoms with Gasteiger partial charge in [0.15, 0.2) is 11.5 Å². The first-order valence-electron chi connectivity index (χ1n) is 9.96. The predicted molar refractivity (Wildman–Crippen MR) is 115 cm³/mol. The first-order chi connectivity index (χ1) is 15.0. The van der Waals surface area contributed by atoms with Gasteiger partial charge in [0, 0.05) is 32.0 Å². The number of amides is 1. The number of benzene rings is 2. The minimum absolute atomic E-state index is 0.0771. The van der Waals surface area contributed by atoms with Crippen molar-refractivity contribution in [1.29, 1.82) is 0 Å². The number of hydrogen-bond donors (Lipinski definition) is 0. The van der Waals surface area contributed by atoms with Crippen molar-refractivity contribution in [3.05, 3.63) is 53.9 Å². The Labute approximate surface area is 181 Å². The van der Waals surface area contributed by atoms with Crippen LogP contribution in [0.1, 0.15) is 24.3 Å². The van der Waals surface area contributed by atoms with Crippen molar-refractivity contribution in [2.24, 2.45) is 0 Å². The first-order valence-corrected chi connectivity index (χ1v) is 9.96. The second-order valence-electron chi connectivity index (χ2n) is 7.01. The molecule has 0 radical (unpaired) electrons. The average Bonchev–Trinajstić information content (AvgIpc) is 3.27. The van der Waals surface area contributed by atoms with Crippen LogP contribution in [0.25, 0.3) is 11.4 Å². The molecule has 8 nitrogen and oxygen atoms in total. The molecule has 8 heteroatoms. The van der Waals surface area contributed by atoms with Gasteiger partial charge in [0.25, 0.3) is 0 Å². The van der Waals surface area contributed by atoms with Crippen molar-refractivity contribution >= 4 is 5.91 Å². The van der Waals surface area contributed by atoms with Crippen LogP contribution in [0.3, 0.4) is 0 Å². The molecule has 1 heterocycles. The van der Waals surface area contributed by atoms with Gasteiger partial charge in [-0.1, -0.05) is 35.5 Å². The summed E-state index contributed by atoms with van der Waals surface area (Å²) in [6.45, 7) is 0.589. The standard InChI is InChI=1S/C23H27N3O5/c1-26(15-16-9-6-5-7-10-16)21(27)12-8-11-20-24-23(25-31-20)17-13-18(28-2)22(30-4)19(14-17)29-3/h5-7,9-10,13-14H,8,11-12,15H2,1-4H3. The summed E-state index contributed by atoms with van der Waals surface area (Å²) in [4.78, 5) is 18.6. The molecule has 0 aliphatic heterocycles. The monoisotopic (exact) mass is 425 g/mol. The molecule has 31 heavy (non-hydrogen) atoms. The van der Waals surface area contributed by atoms with Gasteiger partial charge in [-0.25, -0.2) is 0 Å². The molecule has 0 spiro atoms. The Bertz CT molecular complexity index is 978. The van der Waals surface area contributed by atoms with E-state index in [9.17, 15) is 4.79 Å². The topological polar surface area (TPSA) is 86.9 Å². The lowest BCUT2D eigenvalue weighted by Crippen LogP contribution is -2.25. The van der Waals surface area contributed by atoms with E-state index in [1.165, 1.54) is 0 Å². The highest BCUT2D eigenvalue weighted by Crippen LogP contribution is 2.40. The fourth-order valence-corrected chi connectivity index (χ4v) is 3.21. The van der Waals surface area contributed by atoms with Gasteiger partial charge in [0.05, 0.1) is 21.3 Å². The van der Waals surface area contributed by atoms with Gasteiger partial charge in [-0.2, -0.15) is 4.98 Å². The third kappa shape index (κ3) is 5.53. The second kappa shape index (κ2) is 10.5. The highest BCUT2D eigenvalue weighted by atomic mass is 16.5. The van der Waals surface area contributed by atoms with Crippen LogP contribution in [0.2, 0.25) is 0 Å². The molecule has 0 saturated heterocycles. The molecule has 3 rings (SSSR count). The van der Waals surface area contributed by atoms with Crippen LogP contribution in [0.15, 0.2) is 47.0 Å². The van der Waals surface area contributed by atoms with Gasteiger partial charge in [-0.05, 0) is 24.1 Å². The van der Waals surface area contributed by atoms with E-state index in [-0.39, 0.29) is 5.91 Å². The van der Waals surface area contributed by atoms with Crippen molar-refractivity contribution in [3.63, 3.8) is 0 Å². The number of hydrogen-bond acceptors (Lipinski definition) is 7.